The number of hydrogen-bond donors (Lipinski definition) is 1. The van der Waals surface area contributed by atoms with E-state index in [1.54, 1.807) is 10.9 Å². The Morgan fingerprint density at radius 3 is 2.70 bits per heavy atom. The Labute approximate surface area is 178 Å². The minimum atomic E-state index is -0.242. The van der Waals surface area contributed by atoms with Crippen molar-refractivity contribution in [3.05, 3.63) is 84.3 Å². The molecule has 0 aliphatic rings. The van der Waals surface area contributed by atoms with Crippen molar-refractivity contribution in [1.29, 1.82) is 5.26 Å². The van der Waals surface area contributed by atoms with Gasteiger partial charge in [0.1, 0.15) is 11.6 Å². The lowest BCUT2D eigenvalue weighted by molar-refractivity contribution is -0.113. The Morgan fingerprint density at radius 2 is 1.93 bits per heavy atom. The summed E-state index contributed by atoms with van der Waals surface area (Å²) in [5.74, 6) is 0.262. The predicted octanol–water partition coefficient (Wildman–Crippen LogP) is 3.97. The zero-order valence-corrected chi connectivity index (χ0v) is 17.0. The van der Waals surface area contributed by atoms with Crippen LogP contribution in [0.4, 0.5) is 5.82 Å². The van der Waals surface area contributed by atoms with Crippen molar-refractivity contribution >= 4 is 23.5 Å². The minimum absolute atomic E-state index is 0.147. The summed E-state index contributed by atoms with van der Waals surface area (Å²) in [6, 6.07) is 19.4. The molecule has 1 N–H and O–H groups in total. The second kappa shape index (κ2) is 8.68. The van der Waals surface area contributed by atoms with Gasteiger partial charge >= 0.3 is 0 Å². The first-order chi connectivity index (χ1) is 14.7. The number of amides is 1. The molecule has 1 amide bonds. The minimum Gasteiger partial charge on any atom is -0.309 e. The Hall–Kier alpha value is -3.83. The van der Waals surface area contributed by atoms with Crippen LogP contribution in [0.25, 0.3) is 11.4 Å². The monoisotopic (exact) mass is 414 g/mol. The van der Waals surface area contributed by atoms with Gasteiger partial charge in [-0.05, 0) is 30.7 Å². The number of anilines is 1. The first kappa shape index (κ1) is 19.5. The molecule has 0 aliphatic heterocycles. The number of carbonyl (C=O) groups is 1. The van der Waals surface area contributed by atoms with Gasteiger partial charge in [0.15, 0.2) is 11.0 Å². The standard InChI is InChI=1S/C22H18N6OS/c1-16-7-5-6-10-19(16)27-12-11-24-22(27)30-15-20(29)26-21-17(13-23)14-25-28(21)18-8-3-2-4-9-18/h2-12,14H,15H2,1H3,(H,26,29). The van der Waals surface area contributed by atoms with Crippen LogP contribution in [0.3, 0.4) is 0 Å². The van der Waals surface area contributed by atoms with Gasteiger partial charge in [0.25, 0.3) is 0 Å². The normalized spacial score (nSPS) is 10.5. The van der Waals surface area contributed by atoms with E-state index in [9.17, 15) is 10.1 Å². The molecule has 0 fully saturated rings. The van der Waals surface area contributed by atoms with Crippen LogP contribution in [0.15, 0.2) is 78.3 Å². The fourth-order valence-corrected chi connectivity index (χ4v) is 3.79. The van der Waals surface area contributed by atoms with Crippen molar-refractivity contribution in [3.8, 4) is 17.4 Å². The van der Waals surface area contributed by atoms with Crippen molar-refractivity contribution in [1.82, 2.24) is 19.3 Å². The van der Waals surface area contributed by atoms with Gasteiger partial charge in [0, 0.05) is 12.4 Å². The highest BCUT2D eigenvalue weighted by atomic mass is 32.2. The molecule has 4 aromatic rings. The van der Waals surface area contributed by atoms with Gasteiger partial charge in [0.05, 0.1) is 23.3 Å². The summed E-state index contributed by atoms with van der Waals surface area (Å²) in [4.78, 5) is 17.0. The van der Waals surface area contributed by atoms with Crippen LogP contribution < -0.4 is 5.32 Å². The van der Waals surface area contributed by atoms with E-state index in [0.29, 0.717) is 11.4 Å². The van der Waals surface area contributed by atoms with Gasteiger partial charge in [0.2, 0.25) is 5.91 Å². The fraction of sp³-hybridized carbons (Fsp3) is 0.0909. The highest BCUT2D eigenvalue weighted by Crippen LogP contribution is 2.24. The van der Waals surface area contributed by atoms with E-state index in [4.69, 9.17) is 0 Å². The number of rotatable bonds is 6. The molecule has 0 spiro atoms. The fourth-order valence-electron chi connectivity index (χ4n) is 3.03. The van der Waals surface area contributed by atoms with Crippen molar-refractivity contribution < 1.29 is 4.79 Å². The lowest BCUT2D eigenvalue weighted by Crippen LogP contribution is -2.18. The number of para-hydroxylation sites is 2. The SMILES string of the molecule is Cc1ccccc1-n1ccnc1SCC(=O)Nc1c(C#N)cnn1-c1ccccc1. The van der Waals surface area contributed by atoms with Crippen LogP contribution in [0, 0.1) is 18.3 Å². The summed E-state index contributed by atoms with van der Waals surface area (Å²) in [6.45, 7) is 2.03. The van der Waals surface area contributed by atoms with E-state index in [0.717, 1.165) is 22.1 Å². The van der Waals surface area contributed by atoms with Crippen LogP contribution in [0.2, 0.25) is 0 Å². The second-order valence-electron chi connectivity index (χ2n) is 6.47. The molecule has 0 unspecified atom stereocenters. The lowest BCUT2D eigenvalue weighted by Gasteiger charge is -2.11. The Balaban J connectivity index is 1.50. The smallest absolute Gasteiger partial charge is 0.236 e. The molecular formula is C22H18N6OS. The van der Waals surface area contributed by atoms with Crippen LogP contribution in [0.5, 0.6) is 0 Å². The molecule has 0 atom stereocenters. The molecule has 2 heterocycles. The number of nitriles is 1. The zero-order valence-electron chi connectivity index (χ0n) is 16.2. The van der Waals surface area contributed by atoms with Crippen LogP contribution in [-0.2, 0) is 4.79 Å². The number of benzene rings is 2. The Bertz CT molecular complexity index is 1220. The topological polar surface area (TPSA) is 88.5 Å². The summed E-state index contributed by atoms with van der Waals surface area (Å²) in [5, 5.41) is 17.2. The van der Waals surface area contributed by atoms with Gasteiger partial charge in [-0.3, -0.25) is 9.36 Å². The number of aryl methyl sites for hydroxylation is 1. The maximum absolute atomic E-state index is 12.7. The summed E-state index contributed by atoms with van der Waals surface area (Å²) in [5.41, 5.74) is 3.20. The number of imidazole rings is 1. The van der Waals surface area contributed by atoms with E-state index in [-0.39, 0.29) is 11.7 Å². The van der Waals surface area contributed by atoms with Crippen molar-refractivity contribution in [2.45, 2.75) is 12.1 Å². The first-order valence-electron chi connectivity index (χ1n) is 9.23. The summed E-state index contributed by atoms with van der Waals surface area (Å²) in [7, 11) is 0. The quantitative estimate of drug-likeness (QED) is 0.482. The summed E-state index contributed by atoms with van der Waals surface area (Å²) in [6.07, 6.45) is 5.03. The van der Waals surface area contributed by atoms with Gasteiger partial charge in [-0.15, -0.1) is 0 Å². The van der Waals surface area contributed by atoms with Gasteiger partial charge in [-0.2, -0.15) is 10.4 Å². The lowest BCUT2D eigenvalue weighted by atomic mass is 10.2. The molecule has 0 radical (unpaired) electrons. The molecule has 0 aliphatic carbocycles. The molecule has 8 heteroatoms. The number of thioether (sulfide) groups is 1. The number of nitrogens with one attached hydrogen (secondary N) is 1. The third kappa shape index (κ3) is 3.97. The maximum atomic E-state index is 12.7. The Kier molecular flexibility index (Phi) is 5.63. The van der Waals surface area contributed by atoms with Crippen molar-refractivity contribution in [3.63, 3.8) is 0 Å². The number of aromatic nitrogens is 4. The zero-order chi connectivity index (χ0) is 20.9. The van der Waals surface area contributed by atoms with Crippen molar-refractivity contribution in [2.24, 2.45) is 0 Å². The number of carbonyl (C=O) groups excluding carboxylic acids is 1. The largest absolute Gasteiger partial charge is 0.309 e. The molecule has 2 aromatic heterocycles. The molecule has 4 rings (SSSR count). The van der Waals surface area contributed by atoms with E-state index in [1.165, 1.54) is 18.0 Å². The average molecular weight is 414 g/mol. The van der Waals surface area contributed by atoms with E-state index >= 15 is 0 Å². The van der Waals surface area contributed by atoms with E-state index < -0.39 is 0 Å². The number of hydrogen-bond acceptors (Lipinski definition) is 5. The number of nitrogens with zero attached hydrogens (tertiary/aromatic N) is 5. The maximum Gasteiger partial charge on any atom is 0.236 e. The molecule has 30 heavy (non-hydrogen) atoms. The van der Waals surface area contributed by atoms with Gasteiger partial charge in [-0.1, -0.05) is 48.2 Å². The highest BCUT2D eigenvalue weighted by Gasteiger charge is 2.16. The molecule has 148 valence electrons. The molecule has 7 nitrogen and oxygen atoms in total. The molecule has 2 aromatic carbocycles. The van der Waals surface area contributed by atoms with Gasteiger partial charge in [-0.25, -0.2) is 9.67 Å². The first-order valence-corrected chi connectivity index (χ1v) is 10.2. The summed E-state index contributed by atoms with van der Waals surface area (Å²) >= 11 is 1.33. The average Bonchev–Trinajstić information content (AvgIpc) is 3.40. The molecule has 0 bridgehead atoms. The van der Waals surface area contributed by atoms with E-state index in [1.807, 2.05) is 72.3 Å². The van der Waals surface area contributed by atoms with Crippen LogP contribution in [0.1, 0.15) is 11.1 Å². The second-order valence-corrected chi connectivity index (χ2v) is 7.41. The van der Waals surface area contributed by atoms with E-state index in [2.05, 4.69) is 21.5 Å². The molecule has 0 saturated heterocycles. The molecular weight excluding hydrogens is 396 g/mol. The highest BCUT2D eigenvalue weighted by molar-refractivity contribution is 7.99. The Morgan fingerprint density at radius 1 is 1.17 bits per heavy atom. The predicted molar refractivity (Wildman–Crippen MR) is 116 cm³/mol. The van der Waals surface area contributed by atoms with Crippen molar-refractivity contribution in [2.75, 3.05) is 11.1 Å². The third-order valence-electron chi connectivity index (χ3n) is 4.46. The van der Waals surface area contributed by atoms with Crippen LogP contribution >= 0.6 is 11.8 Å². The van der Waals surface area contributed by atoms with Gasteiger partial charge < -0.3 is 5.32 Å². The summed E-state index contributed by atoms with van der Waals surface area (Å²) < 4.78 is 3.51. The third-order valence-corrected chi connectivity index (χ3v) is 5.43. The van der Waals surface area contributed by atoms with Crippen LogP contribution in [-0.4, -0.2) is 31.0 Å². The molecule has 0 saturated carbocycles.